The molecule has 0 amide bonds. The van der Waals surface area contributed by atoms with Crippen molar-refractivity contribution in [2.75, 3.05) is 0 Å². The second-order valence-corrected chi connectivity index (χ2v) is 6.10. The Balaban J connectivity index is 1.77. The van der Waals surface area contributed by atoms with Crippen molar-refractivity contribution in [3.8, 4) is 0 Å². The maximum Gasteiger partial charge on any atom is -0.0140 e. The van der Waals surface area contributed by atoms with Crippen LogP contribution >= 0.6 is 0 Å². The molecule has 22 heavy (non-hydrogen) atoms. The van der Waals surface area contributed by atoms with Gasteiger partial charge in [0.2, 0.25) is 0 Å². The Morgan fingerprint density at radius 2 is 0.955 bits per heavy atom. The molecule has 0 bridgehead atoms. The lowest BCUT2D eigenvalue weighted by Crippen LogP contribution is -2.16. The Kier molecular flexibility index (Phi) is 3.52. The molecule has 108 valence electrons. The Bertz CT molecular complexity index is 691. The van der Waals surface area contributed by atoms with Gasteiger partial charge in [-0.3, -0.25) is 0 Å². The molecule has 4 rings (SSSR count). The van der Waals surface area contributed by atoms with E-state index in [9.17, 15) is 0 Å². The fourth-order valence-electron chi connectivity index (χ4n) is 3.52. The van der Waals surface area contributed by atoms with Crippen LogP contribution < -0.4 is 0 Å². The van der Waals surface area contributed by atoms with E-state index in [2.05, 4.69) is 72.8 Å². The molecule has 0 aromatic heterocycles. The molecular weight excluding hydrogens is 264 g/mol. The highest BCUT2D eigenvalue weighted by Gasteiger charge is 2.30. The third-order valence-electron chi connectivity index (χ3n) is 4.63. The number of hydrogen-bond donors (Lipinski definition) is 0. The lowest BCUT2D eigenvalue weighted by molar-refractivity contribution is 0.666. The quantitative estimate of drug-likeness (QED) is 0.631. The zero-order chi connectivity index (χ0) is 14.8. The predicted molar refractivity (Wildman–Crippen MR) is 94.3 cm³/mol. The first-order chi connectivity index (χ1) is 10.9. The maximum absolute atomic E-state index is 2.36. The van der Waals surface area contributed by atoms with Gasteiger partial charge in [-0.05, 0) is 71.3 Å². The van der Waals surface area contributed by atoms with Gasteiger partial charge in [0, 0.05) is 0 Å². The molecule has 0 unspecified atom stereocenters. The molecule has 0 heterocycles. The average molecular weight is 284 g/mol. The smallest absolute Gasteiger partial charge is 0.0140 e. The second-order valence-electron chi connectivity index (χ2n) is 6.10. The molecule has 0 radical (unpaired) electrons. The van der Waals surface area contributed by atoms with Crippen LogP contribution in [0.5, 0.6) is 0 Å². The fraction of sp³-hybridized carbons (Fsp3) is 0.182. The lowest BCUT2D eigenvalue weighted by atomic mass is 9.69. The number of rotatable bonds is 2. The molecule has 0 aliphatic heterocycles. The molecule has 2 aliphatic rings. The lowest BCUT2D eigenvalue weighted by Gasteiger charge is -2.35. The second kappa shape index (κ2) is 5.81. The molecule has 0 atom stereocenters. The highest BCUT2D eigenvalue weighted by Crippen LogP contribution is 2.49. The van der Waals surface area contributed by atoms with Crippen LogP contribution in [0.25, 0.3) is 12.2 Å². The molecule has 0 spiro atoms. The molecule has 0 heteroatoms. The van der Waals surface area contributed by atoms with Crippen molar-refractivity contribution >= 4 is 12.2 Å². The van der Waals surface area contributed by atoms with Crippen molar-refractivity contribution in [1.82, 2.24) is 0 Å². The summed E-state index contributed by atoms with van der Waals surface area (Å²) in [5.74, 6) is 0. The molecule has 0 saturated heterocycles. The van der Waals surface area contributed by atoms with Crippen molar-refractivity contribution in [1.29, 1.82) is 0 Å². The third-order valence-corrected chi connectivity index (χ3v) is 4.63. The van der Waals surface area contributed by atoms with E-state index in [1.807, 2.05) is 0 Å². The maximum atomic E-state index is 2.36. The Hall–Kier alpha value is -2.34. The minimum absolute atomic E-state index is 1.25. The van der Waals surface area contributed by atoms with Gasteiger partial charge in [-0.15, -0.1) is 0 Å². The molecule has 2 aromatic carbocycles. The van der Waals surface area contributed by atoms with Gasteiger partial charge < -0.3 is 0 Å². The summed E-state index contributed by atoms with van der Waals surface area (Å²) in [6.45, 7) is 0. The van der Waals surface area contributed by atoms with Crippen LogP contribution in [0.2, 0.25) is 0 Å². The van der Waals surface area contributed by atoms with E-state index in [1.54, 1.807) is 11.1 Å². The van der Waals surface area contributed by atoms with Crippen LogP contribution in [0.1, 0.15) is 36.8 Å². The third kappa shape index (κ3) is 2.46. The standard InChI is InChI=1S/C22H20/c1-3-9-17(10-4-1)15-21-19-13-7-8-14-20(19)22(21)16-18-11-5-2-6-12-18/h1-6,9-12,15-16H,7-8,13-14H2/b21-15-,22-16+. The number of allylic oxidation sites excluding steroid dienone is 4. The van der Waals surface area contributed by atoms with Crippen LogP contribution in [-0.4, -0.2) is 0 Å². The van der Waals surface area contributed by atoms with E-state index in [4.69, 9.17) is 0 Å². The molecule has 0 N–H and O–H groups in total. The van der Waals surface area contributed by atoms with Gasteiger partial charge in [0.1, 0.15) is 0 Å². The first kappa shape index (κ1) is 13.3. The van der Waals surface area contributed by atoms with Crippen LogP contribution in [0.3, 0.4) is 0 Å². The minimum atomic E-state index is 1.25. The van der Waals surface area contributed by atoms with Gasteiger partial charge >= 0.3 is 0 Å². The Morgan fingerprint density at radius 3 is 1.36 bits per heavy atom. The zero-order valence-electron chi connectivity index (χ0n) is 12.8. The fourth-order valence-corrected chi connectivity index (χ4v) is 3.52. The minimum Gasteiger partial charge on any atom is -0.0622 e. The zero-order valence-corrected chi connectivity index (χ0v) is 12.8. The summed E-state index contributed by atoms with van der Waals surface area (Å²) in [6.07, 6.45) is 9.89. The molecule has 0 saturated carbocycles. The highest BCUT2D eigenvalue weighted by molar-refractivity contribution is 5.84. The van der Waals surface area contributed by atoms with E-state index in [0.29, 0.717) is 0 Å². The van der Waals surface area contributed by atoms with E-state index in [0.717, 1.165) is 0 Å². The summed E-state index contributed by atoms with van der Waals surface area (Å²) in [5.41, 5.74) is 8.74. The first-order valence-electron chi connectivity index (χ1n) is 8.18. The normalized spacial score (nSPS) is 20.9. The topological polar surface area (TPSA) is 0 Å². The summed E-state index contributed by atoms with van der Waals surface area (Å²) in [7, 11) is 0. The summed E-state index contributed by atoms with van der Waals surface area (Å²) in [4.78, 5) is 0. The largest absolute Gasteiger partial charge is 0.0622 e. The van der Waals surface area contributed by atoms with E-state index >= 15 is 0 Å². The van der Waals surface area contributed by atoms with E-state index in [-0.39, 0.29) is 0 Å². The monoisotopic (exact) mass is 284 g/mol. The van der Waals surface area contributed by atoms with Gasteiger partial charge in [0.15, 0.2) is 0 Å². The van der Waals surface area contributed by atoms with Crippen molar-refractivity contribution in [3.63, 3.8) is 0 Å². The Morgan fingerprint density at radius 1 is 0.545 bits per heavy atom. The van der Waals surface area contributed by atoms with Crippen molar-refractivity contribution in [2.24, 2.45) is 0 Å². The molecule has 2 aliphatic carbocycles. The van der Waals surface area contributed by atoms with Gasteiger partial charge in [-0.25, -0.2) is 0 Å². The van der Waals surface area contributed by atoms with Crippen molar-refractivity contribution < 1.29 is 0 Å². The van der Waals surface area contributed by atoms with Gasteiger partial charge in [0.25, 0.3) is 0 Å². The summed E-state index contributed by atoms with van der Waals surface area (Å²) in [6, 6.07) is 21.4. The molecule has 0 fully saturated rings. The molecule has 0 nitrogen and oxygen atoms in total. The van der Waals surface area contributed by atoms with Gasteiger partial charge in [-0.2, -0.15) is 0 Å². The van der Waals surface area contributed by atoms with E-state index in [1.165, 1.54) is 48.0 Å². The summed E-state index contributed by atoms with van der Waals surface area (Å²) >= 11 is 0. The van der Waals surface area contributed by atoms with Crippen molar-refractivity contribution in [3.05, 3.63) is 94.1 Å². The summed E-state index contributed by atoms with van der Waals surface area (Å²) in [5, 5.41) is 0. The van der Waals surface area contributed by atoms with Crippen LogP contribution in [-0.2, 0) is 0 Å². The first-order valence-corrected chi connectivity index (χ1v) is 8.18. The number of benzene rings is 2. The average Bonchev–Trinajstić information content (AvgIpc) is 2.60. The predicted octanol–water partition coefficient (Wildman–Crippen LogP) is 6.04. The molecule has 2 aromatic rings. The summed E-state index contributed by atoms with van der Waals surface area (Å²) < 4.78 is 0. The van der Waals surface area contributed by atoms with Crippen LogP contribution in [0, 0.1) is 0 Å². The van der Waals surface area contributed by atoms with Crippen LogP contribution in [0.4, 0.5) is 0 Å². The van der Waals surface area contributed by atoms with Gasteiger partial charge in [-0.1, -0.05) is 60.7 Å². The highest BCUT2D eigenvalue weighted by atomic mass is 14.3. The Labute approximate surface area is 132 Å². The number of hydrogen-bond acceptors (Lipinski definition) is 0. The van der Waals surface area contributed by atoms with E-state index < -0.39 is 0 Å². The van der Waals surface area contributed by atoms with Crippen LogP contribution in [0.15, 0.2) is 83.0 Å². The van der Waals surface area contributed by atoms with Gasteiger partial charge in [0.05, 0.1) is 0 Å². The van der Waals surface area contributed by atoms with Crippen molar-refractivity contribution in [2.45, 2.75) is 25.7 Å². The molecular formula is C22H20. The SMILES string of the molecule is C(=C1C2=C(CCCC2)C/1=C/c1ccccc1)/c1ccccc1.